The molecule has 112 valence electrons. The van der Waals surface area contributed by atoms with Crippen molar-refractivity contribution in [2.24, 2.45) is 10.9 Å². The lowest BCUT2D eigenvalue weighted by Crippen LogP contribution is -2.11. The number of rotatable bonds is 3. The number of furan rings is 1. The van der Waals surface area contributed by atoms with Gasteiger partial charge in [0, 0.05) is 5.56 Å². The van der Waals surface area contributed by atoms with Crippen LogP contribution in [0.2, 0.25) is 0 Å². The van der Waals surface area contributed by atoms with Gasteiger partial charge in [0.05, 0.1) is 6.57 Å². The van der Waals surface area contributed by atoms with E-state index in [2.05, 4.69) is 10.0 Å². The summed E-state index contributed by atoms with van der Waals surface area (Å²) < 4.78 is 5.55. The molecule has 3 N–H and O–H groups in total. The van der Waals surface area contributed by atoms with Crippen LogP contribution in [0.3, 0.4) is 0 Å². The molecule has 0 saturated heterocycles. The third kappa shape index (κ3) is 2.92. The minimum absolute atomic E-state index is 0.0623. The van der Waals surface area contributed by atoms with Gasteiger partial charge in [0.1, 0.15) is 5.76 Å². The number of nitrogens with zero attached hydrogens (tertiary/aromatic N) is 2. The number of oxime groups is 1. The maximum absolute atomic E-state index is 8.65. The molecule has 0 aliphatic heterocycles. The fourth-order valence-corrected chi connectivity index (χ4v) is 2.24. The van der Waals surface area contributed by atoms with Gasteiger partial charge < -0.3 is 15.4 Å². The Kier molecular flexibility index (Phi) is 3.81. The number of benzene rings is 2. The summed E-state index contributed by atoms with van der Waals surface area (Å²) >= 11 is 0. The summed E-state index contributed by atoms with van der Waals surface area (Å²) in [6, 6.07) is 18.7. The summed E-state index contributed by atoms with van der Waals surface area (Å²) in [5.74, 6) is 0.899. The average molecular weight is 303 g/mol. The Morgan fingerprint density at radius 1 is 0.913 bits per heavy atom. The quantitative estimate of drug-likeness (QED) is 0.249. The molecular weight excluding hydrogens is 290 g/mol. The minimum atomic E-state index is -0.0623. The van der Waals surface area contributed by atoms with E-state index >= 15 is 0 Å². The molecule has 1 aromatic heterocycles. The third-order valence-corrected chi connectivity index (χ3v) is 3.47. The molecule has 2 aromatic carbocycles. The van der Waals surface area contributed by atoms with Crippen LogP contribution in [0, 0.1) is 6.57 Å². The zero-order valence-electron chi connectivity index (χ0n) is 12.1. The zero-order chi connectivity index (χ0) is 16.2. The van der Waals surface area contributed by atoms with Crippen LogP contribution in [0.15, 0.2) is 70.2 Å². The second kappa shape index (κ2) is 6.08. The Bertz CT molecular complexity index is 885. The van der Waals surface area contributed by atoms with Crippen molar-refractivity contribution in [3.8, 4) is 22.5 Å². The summed E-state index contributed by atoms with van der Waals surface area (Å²) in [4.78, 5) is 3.38. The molecule has 0 unspecified atom stereocenters. The highest BCUT2D eigenvalue weighted by Crippen LogP contribution is 2.27. The van der Waals surface area contributed by atoms with E-state index in [0.717, 1.165) is 16.7 Å². The van der Waals surface area contributed by atoms with Crippen molar-refractivity contribution >= 4 is 11.5 Å². The lowest BCUT2D eigenvalue weighted by Gasteiger charge is -2.03. The van der Waals surface area contributed by atoms with Crippen LogP contribution in [0.1, 0.15) is 5.76 Å². The summed E-state index contributed by atoms with van der Waals surface area (Å²) in [6.07, 6.45) is 0. The highest BCUT2D eigenvalue weighted by molar-refractivity contribution is 5.94. The maximum atomic E-state index is 8.65. The maximum Gasteiger partial charge on any atom is 0.205 e. The molecule has 23 heavy (non-hydrogen) atoms. The molecule has 0 spiro atoms. The van der Waals surface area contributed by atoms with Crippen LogP contribution in [-0.4, -0.2) is 11.0 Å². The fourth-order valence-electron chi connectivity index (χ4n) is 2.24. The van der Waals surface area contributed by atoms with E-state index < -0.39 is 0 Å². The molecule has 0 radical (unpaired) electrons. The minimum Gasteiger partial charge on any atom is -0.453 e. The fraction of sp³-hybridized carbons (Fsp3) is 0. The van der Waals surface area contributed by atoms with E-state index in [0.29, 0.717) is 17.2 Å². The van der Waals surface area contributed by atoms with E-state index in [1.54, 1.807) is 24.3 Å². The molecule has 5 heteroatoms. The Labute approximate surface area is 133 Å². The Balaban J connectivity index is 1.87. The number of hydrogen-bond acceptors (Lipinski definition) is 3. The Morgan fingerprint density at radius 3 is 2.04 bits per heavy atom. The molecule has 1 heterocycles. The van der Waals surface area contributed by atoms with Crippen molar-refractivity contribution in [1.29, 1.82) is 0 Å². The van der Waals surface area contributed by atoms with Crippen LogP contribution in [-0.2, 0) is 0 Å². The van der Waals surface area contributed by atoms with Crippen LogP contribution in [0.25, 0.3) is 27.3 Å². The second-order valence-corrected chi connectivity index (χ2v) is 4.89. The van der Waals surface area contributed by atoms with Crippen molar-refractivity contribution in [2.45, 2.75) is 0 Å². The summed E-state index contributed by atoms with van der Waals surface area (Å²) in [5, 5.41) is 11.6. The van der Waals surface area contributed by atoms with Gasteiger partial charge in [-0.3, -0.25) is 0 Å². The smallest absolute Gasteiger partial charge is 0.205 e. The first-order chi connectivity index (χ1) is 11.2. The molecule has 0 saturated carbocycles. The van der Waals surface area contributed by atoms with Crippen LogP contribution in [0.4, 0.5) is 5.69 Å². The van der Waals surface area contributed by atoms with Crippen molar-refractivity contribution < 1.29 is 9.62 Å². The normalized spacial score (nSPS) is 11.2. The van der Waals surface area contributed by atoms with Crippen molar-refractivity contribution in [3.63, 3.8) is 0 Å². The average Bonchev–Trinajstić information content (AvgIpc) is 3.11. The predicted octanol–water partition coefficient (Wildman–Crippen LogP) is 4.26. The molecular formula is C18H13N3O2. The van der Waals surface area contributed by atoms with Gasteiger partial charge >= 0.3 is 0 Å². The molecule has 0 aliphatic rings. The van der Waals surface area contributed by atoms with E-state index in [9.17, 15) is 0 Å². The number of nitrogens with two attached hydrogens (primary N) is 1. The highest BCUT2D eigenvalue weighted by Gasteiger charge is 2.08. The molecule has 0 atom stereocenters. The first-order valence-electron chi connectivity index (χ1n) is 6.87. The monoisotopic (exact) mass is 303 g/mol. The van der Waals surface area contributed by atoms with Gasteiger partial charge in [0.25, 0.3) is 0 Å². The summed E-state index contributed by atoms with van der Waals surface area (Å²) in [7, 11) is 0. The molecule has 3 rings (SSSR count). The van der Waals surface area contributed by atoms with Gasteiger partial charge in [0.2, 0.25) is 5.84 Å². The lowest BCUT2D eigenvalue weighted by atomic mass is 10.0. The molecule has 0 fully saturated rings. The molecule has 5 nitrogen and oxygen atoms in total. The molecule has 0 amide bonds. The van der Waals surface area contributed by atoms with Crippen molar-refractivity contribution in [2.75, 3.05) is 0 Å². The standard InChI is InChI=1S/C18H13N3O2/c1-20-15-8-6-13(7-9-15)12-2-4-14(5-3-12)16-10-11-17(23-16)18(19)21-22/h2-11,22H,(H2,19,21). The number of amidine groups is 1. The van der Waals surface area contributed by atoms with E-state index in [1.165, 1.54) is 0 Å². The third-order valence-electron chi connectivity index (χ3n) is 3.47. The topological polar surface area (TPSA) is 76.1 Å². The zero-order valence-corrected chi connectivity index (χ0v) is 12.1. The van der Waals surface area contributed by atoms with Crippen LogP contribution < -0.4 is 5.73 Å². The predicted molar refractivity (Wildman–Crippen MR) is 88.4 cm³/mol. The van der Waals surface area contributed by atoms with Crippen molar-refractivity contribution in [3.05, 3.63) is 77.8 Å². The SMILES string of the molecule is [C-]#[N+]c1ccc(-c2ccc(-c3ccc(/C(N)=N/O)o3)cc2)cc1. The molecule has 0 bridgehead atoms. The van der Waals surface area contributed by atoms with Gasteiger partial charge in [-0.25, -0.2) is 4.85 Å². The van der Waals surface area contributed by atoms with Gasteiger partial charge in [-0.15, -0.1) is 0 Å². The Hall–Kier alpha value is -3.52. The van der Waals surface area contributed by atoms with Gasteiger partial charge in [-0.05, 0) is 23.3 Å². The van der Waals surface area contributed by atoms with Crippen LogP contribution >= 0.6 is 0 Å². The largest absolute Gasteiger partial charge is 0.453 e. The van der Waals surface area contributed by atoms with Gasteiger partial charge in [0.15, 0.2) is 11.4 Å². The number of hydrogen-bond donors (Lipinski definition) is 2. The van der Waals surface area contributed by atoms with Gasteiger partial charge in [-0.2, -0.15) is 0 Å². The van der Waals surface area contributed by atoms with Crippen LogP contribution in [0.5, 0.6) is 0 Å². The summed E-state index contributed by atoms with van der Waals surface area (Å²) in [6.45, 7) is 6.97. The first kappa shape index (κ1) is 14.4. The molecule has 0 aliphatic carbocycles. The van der Waals surface area contributed by atoms with Gasteiger partial charge in [-0.1, -0.05) is 53.7 Å². The highest BCUT2D eigenvalue weighted by atomic mass is 16.4. The second-order valence-electron chi connectivity index (χ2n) is 4.89. The van der Waals surface area contributed by atoms with Crippen molar-refractivity contribution in [1.82, 2.24) is 0 Å². The van der Waals surface area contributed by atoms with E-state index in [4.69, 9.17) is 21.9 Å². The summed E-state index contributed by atoms with van der Waals surface area (Å²) in [5.41, 5.74) is 9.10. The Morgan fingerprint density at radius 2 is 1.48 bits per heavy atom. The first-order valence-corrected chi connectivity index (χ1v) is 6.87. The lowest BCUT2D eigenvalue weighted by molar-refractivity contribution is 0.317. The molecule has 3 aromatic rings. The van der Waals surface area contributed by atoms with E-state index in [1.807, 2.05) is 36.4 Å². The van der Waals surface area contributed by atoms with E-state index in [-0.39, 0.29) is 5.84 Å².